The lowest BCUT2D eigenvalue weighted by Crippen LogP contribution is -2.26. The Morgan fingerprint density at radius 2 is 2.30 bits per heavy atom. The van der Waals surface area contributed by atoms with Crippen LogP contribution in [0.2, 0.25) is 0 Å². The number of carbonyl (C=O) groups is 1. The first kappa shape index (κ1) is 15.0. The van der Waals surface area contributed by atoms with Gasteiger partial charge in [0.15, 0.2) is 0 Å². The highest BCUT2D eigenvalue weighted by Gasteiger charge is 2.14. The van der Waals surface area contributed by atoms with Crippen LogP contribution in [0.15, 0.2) is 33.6 Å². The molecule has 4 nitrogen and oxygen atoms in total. The summed E-state index contributed by atoms with van der Waals surface area (Å²) in [6.45, 7) is 3.41. The van der Waals surface area contributed by atoms with Crippen molar-refractivity contribution in [3.63, 3.8) is 0 Å². The number of aromatic nitrogens is 1. The number of nitrogens with zero attached hydrogens (tertiary/aromatic N) is 2. The average Bonchev–Trinajstić information content (AvgIpc) is 2.84. The van der Waals surface area contributed by atoms with Gasteiger partial charge in [-0.15, -0.1) is 11.3 Å². The van der Waals surface area contributed by atoms with Gasteiger partial charge in [0.25, 0.3) is 5.91 Å². The zero-order valence-electron chi connectivity index (χ0n) is 11.4. The molecule has 0 aliphatic carbocycles. The fourth-order valence-corrected chi connectivity index (χ4v) is 3.03. The summed E-state index contributed by atoms with van der Waals surface area (Å²) in [5.41, 5.74) is 2.48. The highest BCUT2D eigenvalue weighted by Crippen LogP contribution is 2.22. The Morgan fingerprint density at radius 1 is 1.50 bits per heavy atom. The van der Waals surface area contributed by atoms with Crippen LogP contribution in [0.4, 0.5) is 5.69 Å². The van der Waals surface area contributed by atoms with Crippen molar-refractivity contribution in [2.45, 2.75) is 13.5 Å². The maximum atomic E-state index is 12.3. The monoisotopic (exact) mass is 353 g/mol. The summed E-state index contributed by atoms with van der Waals surface area (Å²) in [5, 5.41) is 5.22. The van der Waals surface area contributed by atoms with E-state index >= 15 is 0 Å². The van der Waals surface area contributed by atoms with Gasteiger partial charge in [-0.3, -0.25) is 9.78 Å². The molecule has 0 aliphatic heterocycles. The number of nitrogens with one attached hydrogen (secondary N) is 1. The second kappa shape index (κ2) is 6.85. The van der Waals surface area contributed by atoms with Crippen LogP contribution < -0.4 is 5.32 Å². The maximum Gasteiger partial charge on any atom is 0.272 e. The first-order chi connectivity index (χ1) is 9.60. The van der Waals surface area contributed by atoms with Crippen LogP contribution in [0.25, 0.3) is 0 Å². The van der Waals surface area contributed by atoms with Gasteiger partial charge in [-0.05, 0) is 52.0 Å². The first-order valence-corrected chi connectivity index (χ1v) is 7.95. The van der Waals surface area contributed by atoms with Gasteiger partial charge in [-0.25, -0.2) is 0 Å². The van der Waals surface area contributed by atoms with E-state index in [-0.39, 0.29) is 5.91 Å². The van der Waals surface area contributed by atoms with Crippen molar-refractivity contribution in [2.75, 3.05) is 18.9 Å². The van der Waals surface area contributed by atoms with Crippen molar-refractivity contribution in [3.8, 4) is 0 Å². The van der Waals surface area contributed by atoms with Gasteiger partial charge < -0.3 is 10.2 Å². The van der Waals surface area contributed by atoms with Gasteiger partial charge in [0.2, 0.25) is 0 Å². The number of carbonyl (C=O) groups excluding carboxylic acids is 1. The van der Waals surface area contributed by atoms with Crippen molar-refractivity contribution >= 4 is 38.9 Å². The molecule has 0 unspecified atom stereocenters. The standard InChI is InChI=1S/C14H16BrN3OS/c1-3-16-11-4-5-17-12(7-11)14(19)18(2)8-10-6-13(15)20-9-10/h4-7,9H,3,8H2,1-2H3,(H,16,17). The molecular formula is C14H16BrN3OS. The van der Waals surface area contributed by atoms with Crippen LogP contribution in [0, 0.1) is 0 Å². The van der Waals surface area contributed by atoms with Crippen molar-refractivity contribution in [1.29, 1.82) is 0 Å². The molecule has 20 heavy (non-hydrogen) atoms. The van der Waals surface area contributed by atoms with E-state index in [1.807, 2.05) is 24.4 Å². The van der Waals surface area contributed by atoms with E-state index in [1.165, 1.54) is 0 Å². The van der Waals surface area contributed by atoms with Crippen LogP contribution >= 0.6 is 27.3 Å². The molecular weight excluding hydrogens is 338 g/mol. The molecule has 106 valence electrons. The summed E-state index contributed by atoms with van der Waals surface area (Å²) in [4.78, 5) is 18.2. The molecule has 2 rings (SSSR count). The van der Waals surface area contributed by atoms with Crippen molar-refractivity contribution < 1.29 is 4.79 Å². The van der Waals surface area contributed by atoms with Crippen LogP contribution in [0.1, 0.15) is 23.0 Å². The number of anilines is 1. The Kier molecular flexibility index (Phi) is 5.14. The van der Waals surface area contributed by atoms with Crippen LogP contribution in [0.3, 0.4) is 0 Å². The molecule has 1 amide bonds. The minimum atomic E-state index is -0.0768. The van der Waals surface area contributed by atoms with E-state index in [9.17, 15) is 4.79 Å². The molecule has 0 bridgehead atoms. The summed E-state index contributed by atoms with van der Waals surface area (Å²) in [5.74, 6) is -0.0768. The number of halogens is 1. The molecule has 2 aromatic heterocycles. The van der Waals surface area contributed by atoms with Crippen LogP contribution in [-0.2, 0) is 6.54 Å². The highest BCUT2D eigenvalue weighted by atomic mass is 79.9. The second-order valence-corrected chi connectivity index (χ2v) is 6.67. The first-order valence-electron chi connectivity index (χ1n) is 6.28. The summed E-state index contributed by atoms with van der Waals surface area (Å²) in [6.07, 6.45) is 1.65. The molecule has 0 spiro atoms. The minimum absolute atomic E-state index is 0.0768. The molecule has 1 N–H and O–H groups in total. The van der Waals surface area contributed by atoms with E-state index in [0.29, 0.717) is 12.2 Å². The van der Waals surface area contributed by atoms with Crippen molar-refractivity contribution in [1.82, 2.24) is 9.88 Å². The van der Waals surface area contributed by atoms with Gasteiger partial charge in [-0.2, -0.15) is 0 Å². The Morgan fingerprint density at radius 3 is 2.95 bits per heavy atom. The minimum Gasteiger partial charge on any atom is -0.385 e. The predicted octanol–water partition coefficient (Wildman–Crippen LogP) is 3.61. The molecule has 0 saturated heterocycles. The quantitative estimate of drug-likeness (QED) is 0.892. The van der Waals surface area contributed by atoms with E-state index in [2.05, 4.69) is 26.2 Å². The van der Waals surface area contributed by atoms with Gasteiger partial charge in [-0.1, -0.05) is 0 Å². The lowest BCUT2D eigenvalue weighted by Gasteiger charge is -2.16. The Labute approximate surface area is 131 Å². The Balaban J connectivity index is 2.07. The fraction of sp³-hybridized carbons (Fsp3) is 0.286. The number of thiophene rings is 1. The lowest BCUT2D eigenvalue weighted by atomic mass is 10.2. The Hall–Kier alpha value is -1.40. The van der Waals surface area contributed by atoms with Crippen molar-refractivity contribution in [2.24, 2.45) is 0 Å². The smallest absolute Gasteiger partial charge is 0.272 e. The van der Waals surface area contributed by atoms with Crippen LogP contribution in [-0.4, -0.2) is 29.4 Å². The maximum absolute atomic E-state index is 12.3. The summed E-state index contributed by atoms with van der Waals surface area (Å²) >= 11 is 5.04. The topological polar surface area (TPSA) is 45.2 Å². The van der Waals surface area contributed by atoms with Crippen molar-refractivity contribution in [3.05, 3.63) is 44.8 Å². The van der Waals surface area contributed by atoms with Gasteiger partial charge in [0.05, 0.1) is 3.79 Å². The molecule has 2 aromatic rings. The average molecular weight is 354 g/mol. The van der Waals surface area contributed by atoms with E-state index in [0.717, 1.165) is 21.6 Å². The number of pyridine rings is 1. The third kappa shape index (κ3) is 3.80. The molecule has 0 saturated carbocycles. The Bertz CT molecular complexity index is 600. The summed E-state index contributed by atoms with van der Waals surface area (Å²) in [6, 6.07) is 5.67. The third-order valence-corrected chi connectivity index (χ3v) is 4.30. The SMILES string of the molecule is CCNc1ccnc(C(=O)N(C)Cc2csc(Br)c2)c1. The number of hydrogen-bond donors (Lipinski definition) is 1. The molecule has 0 aliphatic rings. The number of amides is 1. The highest BCUT2D eigenvalue weighted by molar-refractivity contribution is 9.11. The summed E-state index contributed by atoms with van der Waals surface area (Å²) in [7, 11) is 1.79. The lowest BCUT2D eigenvalue weighted by molar-refractivity contribution is 0.0779. The predicted molar refractivity (Wildman–Crippen MR) is 86.2 cm³/mol. The summed E-state index contributed by atoms with van der Waals surface area (Å²) < 4.78 is 1.07. The van der Waals surface area contributed by atoms with Gasteiger partial charge in [0.1, 0.15) is 5.69 Å². The molecule has 0 aromatic carbocycles. The number of rotatable bonds is 5. The normalized spacial score (nSPS) is 10.3. The second-order valence-electron chi connectivity index (χ2n) is 4.38. The van der Waals surface area contributed by atoms with Crippen LogP contribution in [0.5, 0.6) is 0 Å². The zero-order valence-corrected chi connectivity index (χ0v) is 13.8. The molecule has 2 heterocycles. The van der Waals surface area contributed by atoms with E-state index < -0.39 is 0 Å². The fourth-order valence-electron chi connectivity index (χ4n) is 1.83. The van der Waals surface area contributed by atoms with Gasteiger partial charge in [0, 0.05) is 32.0 Å². The molecule has 6 heteroatoms. The zero-order chi connectivity index (χ0) is 14.5. The van der Waals surface area contributed by atoms with E-state index in [4.69, 9.17) is 0 Å². The molecule has 0 fully saturated rings. The third-order valence-electron chi connectivity index (χ3n) is 2.75. The van der Waals surface area contributed by atoms with Gasteiger partial charge >= 0.3 is 0 Å². The number of hydrogen-bond acceptors (Lipinski definition) is 4. The largest absolute Gasteiger partial charge is 0.385 e. The molecule has 0 radical (unpaired) electrons. The van der Waals surface area contributed by atoms with E-state index in [1.54, 1.807) is 35.5 Å². The molecule has 0 atom stereocenters.